The Morgan fingerprint density at radius 1 is 1.43 bits per heavy atom. The lowest BCUT2D eigenvalue weighted by molar-refractivity contribution is -0.119. The maximum Gasteiger partial charge on any atom is 0.317 e. The van der Waals surface area contributed by atoms with Crippen LogP contribution in [0.25, 0.3) is 10.2 Å². The molecule has 0 unspecified atom stereocenters. The fourth-order valence-electron chi connectivity index (χ4n) is 2.54. The summed E-state index contributed by atoms with van der Waals surface area (Å²) in [5, 5.41) is 0. The number of fused-ring (bicyclic) bond motifs is 1. The highest BCUT2D eigenvalue weighted by Crippen LogP contribution is 2.23. The van der Waals surface area contributed by atoms with Crippen molar-refractivity contribution in [2.45, 2.75) is 20.4 Å². The highest BCUT2D eigenvalue weighted by molar-refractivity contribution is 7.16. The Morgan fingerprint density at radius 2 is 2.26 bits per heavy atom. The molecule has 1 aliphatic heterocycles. The van der Waals surface area contributed by atoms with Crippen molar-refractivity contribution < 1.29 is 14.3 Å². The van der Waals surface area contributed by atoms with Crippen molar-refractivity contribution in [3.8, 4) is 12.3 Å². The van der Waals surface area contributed by atoms with E-state index >= 15 is 0 Å². The normalized spacial score (nSPS) is 14.8. The number of carbonyl (C=O) groups is 1. The largest absolute Gasteiger partial charge is 0.494 e. The summed E-state index contributed by atoms with van der Waals surface area (Å²) in [6.45, 7) is 5.21. The molecule has 1 amide bonds. The van der Waals surface area contributed by atoms with Crippen LogP contribution in [0, 0.1) is 26.2 Å². The summed E-state index contributed by atoms with van der Waals surface area (Å²) in [4.78, 5) is 17.0. The Balaban J connectivity index is 2.16. The van der Waals surface area contributed by atoms with Crippen LogP contribution in [0.2, 0.25) is 0 Å². The summed E-state index contributed by atoms with van der Waals surface area (Å²) in [6, 6.07) is 4.16. The van der Waals surface area contributed by atoms with Crippen molar-refractivity contribution in [2.75, 3.05) is 13.2 Å². The van der Waals surface area contributed by atoms with E-state index in [2.05, 4.69) is 23.0 Å². The Kier molecular flexibility index (Phi) is 4.22. The number of thiazole rings is 1. The molecule has 0 bridgehead atoms. The summed E-state index contributed by atoms with van der Waals surface area (Å²) in [7, 11) is 0. The average Bonchev–Trinajstić information content (AvgIpc) is 2.86. The monoisotopic (exact) mass is 328 g/mol. The SMILES string of the molecule is C#CCn1c(=NC(=O)C2=COCCO2)sc2cc(C)cc(C)c21. The summed E-state index contributed by atoms with van der Waals surface area (Å²) >= 11 is 1.44. The molecule has 5 nitrogen and oxygen atoms in total. The van der Waals surface area contributed by atoms with Crippen molar-refractivity contribution in [3.05, 3.63) is 40.1 Å². The molecule has 6 heteroatoms. The molecule has 2 heterocycles. The minimum absolute atomic E-state index is 0.119. The van der Waals surface area contributed by atoms with Gasteiger partial charge in [-0.2, -0.15) is 4.99 Å². The number of rotatable bonds is 2. The number of hydrogen-bond acceptors (Lipinski definition) is 4. The van der Waals surface area contributed by atoms with Crippen molar-refractivity contribution >= 4 is 27.5 Å². The van der Waals surface area contributed by atoms with Gasteiger partial charge in [0.1, 0.15) is 19.5 Å². The van der Waals surface area contributed by atoms with Crippen molar-refractivity contribution in [2.24, 2.45) is 4.99 Å². The van der Waals surface area contributed by atoms with Crippen LogP contribution in [-0.2, 0) is 20.8 Å². The van der Waals surface area contributed by atoms with Gasteiger partial charge in [0.05, 0.1) is 16.8 Å². The number of aromatic nitrogens is 1. The first-order valence-electron chi connectivity index (χ1n) is 7.18. The Morgan fingerprint density at radius 3 is 2.96 bits per heavy atom. The highest BCUT2D eigenvalue weighted by Gasteiger charge is 2.16. The van der Waals surface area contributed by atoms with E-state index in [1.165, 1.54) is 17.6 Å². The van der Waals surface area contributed by atoms with Crippen LogP contribution < -0.4 is 4.80 Å². The Bertz CT molecular complexity index is 912. The third kappa shape index (κ3) is 3.01. The fourth-order valence-corrected chi connectivity index (χ4v) is 3.74. The zero-order chi connectivity index (χ0) is 16.4. The number of carbonyl (C=O) groups excluding carboxylic acids is 1. The number of amides is 1. The highest BCUT2D eigenvalue weighted by atomic mass is 32.1. The molecule has 2 aromatic rings. The van der Waals surface area contributed by atoms with Gasteiger partial charge in [0, 0.05) is 0 Å². The standard InChI is InChI=1S/C17H16N2O3S/c1-4-5-19-15-12(3)8-11(2)9-14(15)23-17(19)18-16(20)13-10-21-6-7-22-13/h1,8-10H,5-7H2,2-3H3. The molecule has 0 saturated carbocycles. The molecule has 0 saturated heterocycles. The molecule has 118 valence electrons. The van der Waals surface area contributed by atoms with Gasteiger partial charge in [-0.25, -0.2) is 0 Å². The molecule has 1 aliphatic rings. The molecule has 0 spiro atoms. The second-order valence-electron chi connectivity index (χ2n) is 5.22. The van der Waals surface area contributed by atoms with Gasteiger partial charge in [0.15, 0.2) is 4.80 Å². The van der Waals surface area contributed by atoms with E-state index in [0.29, 0.717) is 24.6 Å². The third-order valence-corrected chi connectivity index (χ3v) is 4.44. The van der Waals surface area contributed by atoms with Gasteiger partial charge in [-0.15, -0.1) is 6.42 Å². The van der Waals surface area contributed by atoms with E-state index in [-0.39, 0.29) is 5.76 Å². The van der Waals surface area contributed by atoms with Crippen LogP contribution >= 0.6 is 11.3 Å². The maximum atomic E-state index is 12.3. The first kappa shape index (κ1) is 15.4. The van der Waals surface area contributed by atoms with Crippen LogP contribution in [0.3, 0.4) is 0 Å². The Hall–Kier alpha value is -2.52. The Labute approximate surface area is 137 Å². The van der Waals surface area contributed by atoms with Crippen LogP contribution in [0.4, 0.5) is 0 Å². The number of aryl methyl sites for hydroxylation is 2. The minimum atomic E-state index is -0.462. The number of benzene rings is 1. The molecule has 1 aromatic heterocycles. The molecule has 0 fully saturated rings. The second-order valence-corrected chi connectivity index (χ2v) is 6.23. The number of terminal acetylenes is 1. The van der Waals surface area contributed by atoms with Gasteiger partial charge in [-0.05, 0) is 31.0 Å². The topological polar surface area (TPSA) is 52.8 Å². The van der Waals surface area contributed by atoms with Gasteiger partial charge in [0.25, 0.3) is 0 Å². The van der Waals surface area contributed by atoms with E-state index < -0.39 is 5.91 Å². The lowest BCUT2D eigenvalue weighted by Gasteiger charge is -2.12. The molecule has 3 rings (SSSR count). The third-order valence-electron chi connectivity index (χ3n) is 3.42. The van der Waals surface area contributed by atoms with E-state index in [1.807, 2.05) is 18.4 Å². The molecule has 0 N–H and O–H groups in total. The van der Waals surface area contributed by atoms with Crippen LogP contribution in [0.1, 0.15) is 11.1 Å². The van der Waals surface area contributed by atoms with Gasteiger partial charge in [-0.3, -0.25) is 4.79 Å². The van der Waals surface area contributed by atoms with E-state index in [0.717, 1.165) is 21.3 Å². The zero-order valence-electron chi connectivity index (χ0n) is 13.0. The molecule has 0 radical (unpaired) electrons. The summed E-state index contributed by atoms with van der Waals surface area (Å²) in [5.74, 6) is 2.28. The quantitative estimate of drug-likeness (QED) is 0.795. The van der Waals surface area contributed by atoms with Crippen molar-refractivity contribution in [3.63, 3.8) is 0 Å². The number of nitrogens with zero attached hydrogens (tertiary/aromatic N) is 2. The molecular weight excluding hydrogens is 312 g/mol. The number of ether oxygens (including phenoxy) is 2. The molecular formula is C17H16N2O3S. The second kappa shape index (κ2) is 6.31. The maximum absolute atomic E-state index is 12.3. The zero-order valence-corrected chi connectivity index (χ0v) is 13.8. The lowest BCUT2D eigenvalue weighted by atomic mass is 10.1. The van der Waals surface area contributed by atoms with Gasteiger partial charge >= 0.3 is 5.91 Å². The molecule has 23 heavy (non-hydrogen) atoms. The minimum Gasteiger partial charge on any atom is -0.494 e. The fraction of sp³-hybridized carbons (Fsp3) is 0.294. The summed E-state index contributed by atoms with van der Waals surface area (Å²) in [6.07, 6.45) is 6.79. The average molecular weight is 328 g/mol. The lowest BCUT2D eigenvalue weighted by Crippen LogP contribution is -2.20. The van der Waals surface area contributed by atoms with Crippen molar-refractivity contribution in [1.29, 1.82) is 0 Å². The van der Waals surface area contributed by atoms with E-state index in [4.69, 9.17) is 15.9 Å². The van der Waals surface area contributed by atoms with Crippen LogP contribution in [0.15, 0.2) is 29.1 Å². The molecule has 0 aliphatic carbocycles. The van der Waals surface area contributed by atoms with Crippen molar-refractivity contribution in [1.82, 2.24) is 4.57 Å². The van der Waals surface area contributed by atoms with Crippen LogP contribution in [0.5, 0.6) is 0 Å². The first-order valence-corrected chi connectivity index (χ1v) is 7.99. The van der Waals surface area contributed by atoms with Gasteiger partial charge in [0.2, 0.25) is 5.76 Å². The smallest absolute Gasteiger partial charge is 0.317 e. The first-order chi connectivity index (χ1) is 11.1. The molecule has 0 atom stereocenters. The summed E-state index contributed by atoms with van der Waals surface area (Å²) in [5.41, 5.74) is 3.28. The predicted molar refractivity (Wildman–Crippen MR) is 88.7 cm³/mol. The van der Waals surface area contributed by atoms with Gasteiger partial charge < -0.3 is 14.0 Å². The van der Waals surface area contributed by atoms with Crippen LogP contribution in [-0.4, -0.2) is 23.7 Å². The number of hydrogen-bond donors (Lipinski definition) is 0. The van der Waals surface area contributed by atoms with E-state index in [1.54, 1.807) is 0 Å². The predicted octanol–water partition coefficient (Wildman–Crippen LogP) is 2.27. The summed E-state index contributed by atoms with van der Waals surface area (Å²) < 4.78 is 13.3. The van der Waals surface area contributed by atoms with E-state index in [9.17, 15) is 4.79 Å². The van der Waals surface area contributed by atoms with Gasteiger partial charge in [-0.1, -0.05) is 23.3 Å². The molecule has 1 aromatic carbocycles.